The van der Waals surface area contributed by atoms with Gasteiger partial charge in [0.1, 0.15) is 6.04 Å². The third-order valence-corrected chi connectivity index (χ3v) is 3.83. The number of halogens is 3. The van der Waals surface area contributed by atoms with E-state index in [1.54, 1.807) is 0 Å². The van der Waals surface area contributed by atoms with Crippen LogP contribution in [-0.2, 0) is 9.59 Å². The first-order valence-electron chi connectivity index (χ1n) is 7.21. The topological polar surface area (TPSA) is 66.4 Å². The molecule has 0 saturated heterocycles. The number of alkyl halides is 3. The second-order valence-corrected chi connectivity index (χ2v) is 6.13. The predicted octanol–water partition coefficient (Wildman–Crippen LogP) is 2.97. The lowest BCUT2D eigenvalue weighted by molar-refractivity contribution is -0.186. The summed E-state index contributed by atoms with van der Waals surface area (Å²) in [6.45, 7) is 3.64. The highest BCUT2D eigenvalue weighted by molar-refractivity contribution is 5.85. The van der Waals surface area contributed by atoms with Crippen LogP contribution in [0.1, 0.15) is 46.0 Å². The third-order valence-electron chi connectivity index (χ3n) is 3.83. The molecule has 0 radical (unpaired) electrons. The number of carbonyl (C=O) groups is 2. The van der Waals surface area contributed by atoms with E-state index in [4.69, 9.17) is 5.11 Å². The maximum atomic E-state index is 12.7. The molecule has 1 rings (SSSR count). The Balaban J connectivity index is 2.63. The van der Waals surface area contributed by atoms with Gasteiger partial charge < -0.3 is 10.4 Å². The molecule has 0 heterocycles. The minimum absolute atomic E-state index is 0.0433. The molecule has 0 aromatic heterocycles. The van der Waals surface area contributed by atoms with E-state index < -0.39 is 35.9 Å². The fraction of sp³-hybridized carbons (Fsp3) is 0.857. The summed E-state index contributed by atoms with van der Waals surface area (Å²) in [7, 11) is 0. The highest BCUT2D eigenvalue weighted by atomic mass is 19.4. The summed E-state index contributed by atoms with van der Waals surface area (Å²) in [6.07, 6.45) is -3.51. The summed E-state index contributed by atoms with van der Waals surface area (Å²) in [4.78, 5) is 23.1. The minimum Gasteiger partial charge on any atom is -0.480 e. The van der Waals surface area contributed by atoms with Gasteiger partial charge >= 0.3 is 12.1 Å². The SMILES string of the molecule is CC(C)C[C@@H](NC(=O)[C@@H]1CCC[C@@H](C(F)(F)F)C1)C(=O)O. The van der Waals surface area contributed by atoms with Crippen molar-refractivity contribution in [2.45, 2.75) is 58.2 Å². The van der Waals surface area contributed by atoms with E-state index in [0.29, 0.717) is 12.8 Å². The molecule has 1 saturated carbocycles. The molecular weight excluding hydrogens is 287 g/mol. The number of carboxylic acid groups (broad SMARTS) is 1. The van der Waals surface area contributed by atoms with Gasteiger partial charge in [-0.25, -0.2) is 4.79 Å². The molecular formula is C14H22F3NO3. The Morgan fingerprint density at radius 1 is 1.29 bits per heavy atom. The van der Waals surface area contributed by atoms with Crippen molar-refractivity contribution in [1.29, 1.82) is 0 Å². The van der Waals surface area contributed by atoms with Gasteiger partial charge in [-0.2, -0.15) is 13.2 Å². The van der Waals surface area contributed by atoms with Crippen LogP contribution in [0.3, 0.4) is 0 Å². The van der Waals surface area contributed by atoms with Gasteiger partial charge in [-0.1, -0.05) is 20.3 Å². The van der Waals surface area contributed by atoms with Crippen molar-refractivity contribution in [3.8, 4) is 0 Å². The first kappa shape index (κ1) is 17.8. The van der Waals surface area contributed by atoms with Gasteiger partial charge in [0.05, 0.1) is 5.92 Å². The Morgan fingerprint density at radius 2 is 1.90 bits per heavy atom. The molecule has 2 N–H and O–H groups in total. The number of hydrogen-bond donors (Lipinski definition) is 2. The Kier molecular flexibility index (Phi) is 6.04. The summed E-state index contributed by atoms with van der Waals surface area (Å²) in [5, 5.41) is 11.4. The maximum absolute atomic E-state index is 12.7. The first-order valence-corrected chi connectivity index (χ1v) is 7.21. The van der Waals surface area contributed by atoms with Crippen molar-refractivity contribution in [3.63, 3.8) is 0 Å². The molecule has 7 heteroatoms. The monoisotopic (exact) mass is 309 g/mol. The lowest BCUT2D eigenvalue weighted by atomic mass is 9.80. The standard InChI is InChI=1S/C14H22F3NO3/c1-8(2)6-11(13(20)21)18-12(19)9-4-3-5-10(7-9)14(15,16)17/h8-11H,3-7H2,1-2H3,(H,18,19)(H,20,21)/t9-,10-,11-/m1/s1. The van der Waals surface area contributed by atoms with Crippen LogP contribution in [0.4, 0.5) is 13.2 Å². The van der Waals surface area contributed by atoms with E-state index >= 15 is 0 Å². The van der Waals surface area contributed by atoms with Crippen LogP contribution < -0.4 is 5.32 Å². The summed E-state index contributed by atoms with van der Waals surface area (Å²) < 4.78 is 38.1. The van der Waals surface area contributed by atoms with Crippen molar-refractivity contribution in [2.75, 3.05) is 0 Å². The van der Waals surface area contributed by atoms with Gasteiger partial charge in [-0.15, -0.1) is 0 Å². The van der Waals surface area contributed by atoms with Crippen LogP contribution in [-0.4, -0.2) is 29.2 Å². The van der Waals surface area contributed by atoms with Gasteiger partial charge in [0, 0.05) is 5.92 Å². The van der Waals surface area contributed by atoms with E-state index in [9.17, 15) is 22.8 Å². The zero-order valence-corrected chi connectivity index (χ0v) is 12.2. The van der Waals surface area contributed by atoms with Gasteiger partial charge in [0.15, 0.2) is 0 Å². The van der Waals surface area contributed by atoms with Crippen molar-refractivity contribution in [2.24, 2.45) is 17.8 Å². The molecule has 0 spiro atoms. The summed E-state index contributed by atoms with van der Waals surface area (Å²) >= 11 is 0. The fourth-order valence-electron chi connectivity index (χ4n) is 2.71. The van der Waals surface area contributed by atoms with Crippen LogP contribution >= 0.6 is 0 Å². The number of nitrogens with one attached hydrogen (secondary N) is 1. The largest absolute Gasteiger partial charge is 0.480 e. The Hall–Kier alpha value is -1.27. The van der Waals surface area contributed by atoms with E-state index in [-0.39, 0.29) is 25.2 Å². The zero-order valence-electron chi connectivity index (χ0n) is 12.2. The molecule has 0 bridgehead atoms. The van der Waals surface area contributed by atoms with Gasteiger partial charge in [-0.05, 0) is 31.6 Å². The highest BCUT2D eigenvalue weighted by Crippen LogP contribution is 2.39. The fourth-order valence-corrected chi connectivity index (χ4v) is 2.71. The lowest BCUT2D eigenvalue weighted by Gasteiger charge is -2.30. The Morgan fingerprint density at radius 3 is 2.38 bits per heavy atom. The summed E-state index contributed by atoms with van der Waals surface area (Å²) in [6, 6.07) is -1.04. The average molecular weight is 309 g/mol. The van der Waals surface area contributed by atoms with Crippen LogP contribution in [0, 0.1) is 17.8 Å². The molecule has 1 aliphatic carbocycles. The number of hydrogen-bond acceptors (Lipinski definition) is 2. The second-order valence-electron chi connectivity index (χ2n) is 6.13. The molecule has 0 aromatic rings. The number of aliphatic carboxylic acids is 1. The molecule has 0 aliphatic heterocycles. The van der Waals surface area contributed by atoms with Crippen LogP contribution in [0.2, 0.25) is 0 Å². The van der Waals surface area contributed by atoms with E-state index in [2.05, 4.69) is 5.32 Å². The highest BCUT2D eigenvalue weighted by Gasteiger charge is 2.43. The van der Waals surface area contributed by atoms with Crippen molar-refractivity contribution < 1.29 is 27.9 Å². The molecule has 0 aromatic carbocycles. The number of amides is 1. The van der Waals surface area contributed by atoms with Crippen LogP contribution in [0.25, 0.3) is 0 Å². The number of rotatable bonds is 5. The molecule has 1 amide bonds. The van der Waals surface area contributed by atoms with Crippen LogP contribution in [0.5, 0.6) is 0 Å². The second kappa shape index (κ2) is 7.13. The summed E-state index contributed by atoms with van der Waals surface area (Å²) in [5.41, 5.74) is 0. The van der Waals surface area contributed by atoms with Gasteiger partial charge in [-0.3, -0.25) is 4.79 Å². The third kappa shape index (κ3) is 5.55. The lowest BCUT2D eigenvalue weighted by Crippen LogP contribution is -2.46. The number of carboxylic acids is 1. The van der Waals surface area contributed by atoms with Crippen molar-refractivity contribution in [1.82, 2.24) is 5.32 Å². The molecule has 1 aliphatic rings. The Bertz CT molecular complexity index is 382. The van der Waals surface area contributed by atoms with Gasteiger partial charge in [0.2, 0.25) is 5.91 Å². The zero-order chi connectivity index (χ0) is 16.2. The first-order chi connectivity index (χ1) is 9.61. The van der Waals surface area contributed by atoms with E-state index in [0.717, 1.165) is 0 Å². The van der Waals surface area contributed by atoms with E-state index in [1.807, 2.05) is 13.8 Å². The summed E-state index contributed by atoms with van der Waals surface area (Å²) in [5.74, 6) is -3.87. The van der Waals surface area contributed by atoms with Gasteiger partial charge in [0.25, 0.3) is 0 Å². The minimum atomic E-state index is -4.29. The average Bonchev–Trinajstić information content (AvgIpc) is 2.36. The molecule has 1 fully saturated rings. The smallest absolute Gasteiger partial charge is 0.391 e. The Labute approximate surface area is 122 Å². The quantitative estimate of drug-likeness (QED) is 0.820. The maximum Gasteiger partial charge on any atom is 0.391 e. The number of carbonyl (C=O) groups excluding carboxylic acids is 1. The van der Waals surface area contributed by atoms with E-state index in [1.165, 1.54) is 0 Å². The molecule has 3 atom stereocenters. The molecule has 4 nitrogen and oxygen atoms in total. The van der Waals surface area contributed by atoms with Crippen molar-refractivity contribution >= 4 is 11.9 Å². The normalized spacial score (nSPS) is 24.7. The van der Waals surface area contributed by atoms with Crippen molar-refractivity contribution in [3.05, 3.63) is 0 Å². The molecule has 21 heavy (non-hydrogen) atoms. The predicted molar refractivity (Wildman–Crippen MR) is 70.5 cm³/mol. The van der Waals surface area contributed by atoms with Crippen LogP contribution in [0.15, 0.2) is 0 Å². The molecule has 0 unspecified atom stereocenters. The molecule has 122 valence electrons.